The third-order valence-electron chi connectivity index (χ3n) is 14.6. The lowest BCUT2D eigenvalue weighted by Gasteiger charge is -2.35. The second-order valence-corrected chi connectivity index (χ2v) is 19.9. The van der Waals surface area contributed by atoms with Crippen molar-refractivity contribution in [3.63, 3.8) is 0 Å². The number of ether oxygens (including phenoxy) is 4. The van der Waals surface area contributed by atoms with E-state index in [1.54, 1.807) is 0 Å². The summed E-state index contributed by atoms with van der Waals surface area (Å²) in [5.41, 5.74) is 11.8. The zero-order valence-electron chi connectivity index (χ0n) is 42.4. The van der Waals surface area contributed by atoms with Crippen molar-refractivity contribution in [2.45, 2.75) is 164 Å². The highest BCUT2D eigenvalue weighted by molar-refractivity contribution is 6.27. The monoisotopic (exact) mass is 917 g/mol. The Hall–Kier alpha value is -5.29. The summed E-state index contributed by atoms with van der Waals surface area (Å²) < 4.78 is 23.1. The number of esters is 3. The standard InChI is InChI=1S/C56H76N4O7/c1-14-40-36(8)43-29-45-38(10)42(25-26-49(61)66-28-27-35(7)24-18-23-34(6)22-17-21-33(5)20-16-19-32(3)4)52(59-45)51-53-50(54(62)67-56(51,65-13)55(63)64-12)39(11)46(60-53)31-48-41(15-2)37(9)44(58-48)30-47(40)57-43/h14,27,29-34,38,42,57-58H,1,15-26,28H2,2-13H3/b35-27+,43-29?,44-30?,45-29?,46-31?,47-30?,48-31?,52-51?/t33-,34-,38+,42+,56?/m1/s1. The predicted molar refractivity (Wildman–Crippen MR) is 269 cm³/mol. The molecule has 0 aliphatic carbocycles. The van der Waals surface area contributed by atoms with E-state index in [1.165, 1.54) is 64.7 Å². The van der Waals surface area contributed by atoms with Gasteiger partial charge in [0.1, 0.15) is 6.61 Å². The summed E-state index contributed by atoms with van der Waals surface area (Å²) in [5.74, 6) is -2.76. The number of carbonyl (C=O) groups is 3. The number of allylic oxidation sites excluding steroid dienone is 2. The number of hydrogen-bond acceptors (Lipinski definition) is 9. The third kappa shape index (κ3) is 11.0. The summed E-state index contributed by atoms with van der Waals surface area (Å²) in [4.78, 5) is 59.2. The molecule has 6 rings (SSSR count). The molecule has 0 fully saturated rings. The zero-order chi connectivity index (χ0) is 48.7. The van der Waals surface area contributed by atoms with Crippen LogP contribution in [0.5, 0.6) is 0 Å². The summed E-state index contributed by atoms with van der Waals surface area (Å²) in [6.07, 6.45) is 16.2. The van der Waals surface area contributed by atoms with Crippen LogP contribution in [-0.2, 0) is 45.5 Å². The number of methoxy groups -OCH3 is 2. The van der Waals surface area contributed by atoms with Gasteiger partial charge in [-0.15, -0.1) is 0 Å². The van der Waals surface area contributed by atoms with E-state index in [2.05, 4.69) is 78.0 Å². The first-order valence-electron chi connectivity index (χ1n) is 24.8. The Morgan fingerprint density at radius 3 is 2.18 bits per heavy atom. The van der Waals surface area contributed by atoms with Crippen molar-refractivity contribution in [1.82, 2.24) is 19.9 Å². The van der Waals surface area contributed by atoms with Gasteiger partial charge >= 0.3 is 23.7 Å². The average Bonchev–Trinajstić information content (AvgIpc) is 3.97. The number of aromatic amines is 2. The molecule has 0 saturated carbocycles. The highest BCUT2D eigenvalue weighted by atomic mass is 16.7. The summed E-state index contributed by atoms with van der Waals surface area (Å²) in [7, 11) is 2.52. The van der Waals surface area contributed by atoms with Gasteiger partial charge in [0.2, 0.25) is 0 Å². The molecule has 0 radical (unpaired) electrons. The molecule has 11 nitrogen and oxygen atoms in total. The van der Waals surface area contributed by atoms with E-state index in [9.17, 15) is 14.4 Å². The Morgan fingerprint density at radius 2 is 1.54 bits per heavy atom. The predicted octanol–water partition coefficient (Wildman–Crippen LogP) is 13.2. The molecular formula is C56H76N4O7. The maximum absolute atomic E-state index is 14.1. The van der Waals surface area contributed by atoms with Crippen LogP contribution >= 0.6 is 0 Å². The van der Waals surface area contributed by atoms with Crippen molar-refractivity contribution < 1.29 is 33.3 Å². The molecule has 67 heavy (non-hydrogen) atoms. The zero-order valence-corrected chi connectivity index (χ0v) is 42.4. The number of aromatic nitrogens is 4. The molecule has 3 aliphatic rings. The lowest BCUT2D eigenvalue weighted by Crippen LogP contribution is -2.47. The number of nitrogens with zero attached hydrogens (tertiary/aromatic N) is 2. The smallest absolute Gasteiger partial charge is 0.385 e. The summed E-state index contributed by atoms with van der Waals surface area (Å²) >= 11 is 0. The molecule has 6 heterocycles. The molecule has 5 atom stereocenters. The van der Waals surface area contributed by atoms with E-state index >= 15 is 0 Å². The molecular weight excluding hydrogens is 841 g/mol. The number of hydrogen-bond donors (Lipinski definition) is 2. The van der Waals surface area contributed by atoms with E-state index in [1.807, 2.05) is 38.1 Å². The minimum Gasteiger partial charge on any atom is -0.464 e. The van der Waals surface area contributed by atoms with Crippen molar-refractivity contribution >= 4 is 57.2 Å². The van der Waals surface area contributed by atoms with E-state index in [0.717, 1.165) is 75.4 Å². The Balaban J connectivity index is 1.30. The van der Waals surface area contributed by atoms with E-state index in [4.69, 9.17) is 28.9 Å². The highest BCUT2D eigenvalue weighted by Crippen LogP contribution is 2.50. The lowest BCUT2D eigenvalue weighted by atomic mass is 9.82. The molecule has 3 aliphatic heterocycles. The molecule has 1 unspecified atom stereocenters. The number of aryl methyl sites for hydroxylation is 3. The van der Waals surface area contributed by atoms with Crippen LogP contribution in [0.2, 0.25) is 0 Å². The van der Waals surface area contributed by atoms with Gasteiger partial charge in [0.05, 0.1) is 35.3 Å². The maximum atomic E-state index is 14.1. The number of nitrogens with one attached hydrogen (secondary N) is 2. The van der Waals surface area contributed by atoms with Gasteiger partial charge in [0, 0.05) is 58.7 Å². The molecule has 362 valence electrons. The van der Waals surface area contributed by atoms with Gasteiger partial charge in [-0.05, 0) is 118 Å². The van der Waals surface area contributed by atoms with Crippen LogP contribution in [0.15, 0.2) is 36.4 Å². The van der Waals surface area contributed by atoms with Crippen molar-refractivity contribution in [3.05, 3.63) is 87.0 Å². The quantitative estimate of drug-likeness (QED) is 0.0606. The van der Waals surface area contributed by atoms with Crippen LogP contribution in [0.3, 0.4) is 0 Å². The van der Waals surface area contributed by atoms with E-state index in [0.29, 0.717) is 35.0 Å². The van der Waals surface area contributed by atoms with Crippen molar-refractivity contribution in [3.8, 4) is 0 Å². The van der Waals surface area contributed by atoms with Gasteiger partial charge < -0.3 is 28.9 Å². The third-order valence-corrected chi connectivity index (χ3v) is 14.6. The first kappa shape index (κ1) is 51.1. The molecule has 0 aromatic carbocycles. The minimum atomic E-state index is -2.32. The highest BCUT2D eigenvalue weighted by Gasteiger charge is 2.57. The summed E-state index contributed by atoms with van der Waals surface area (Å²) in [6.45, 7) is 26.0. The normalized spacial score (nSPS) is 19.1. The fraction of sp³-hybridized carbons (Fsp3) is 0.554. The Kier molecular flexibility index (Phi) is 16.9. The second-order valence-electron chi connectivity index (χ2n) is 19.9. The van der Waals surface area contributed by atoms with Crippen LogP contribution in [-0.4, -0.2) is 58.7 Å². The van der Waals surface area contributed by atoms with Gasteiger partial charge in [-0.3, -0.25) is 9.78 Å². The van der Waals surface area contributed by atoms with Crippen molar-refractivity contribution in [2.75, 3.05) is 20.8 Å². The second kappa shape index (κ2) is 22.2. The molecule has 3 aromatic rings. The van der Waals surface area contributed by atoms with Gasteiger partial charge in [0.15, 0.2) is 0 Å². The summed E-state index contributed by atoms with van der Waals surface area (Å²) in [5, 5.41) is 0. The molecule has 0 saturated heterocycles. The molecule has 0 spiro atoms. The number of H-pyrrole nitrogens is 2. The molecule has 2 N–H and O–H groups in total. The Morgan fingerprint density at radius 1 is 0.881 bits per heavy atom. The molecule has 0 amide bonds. The fourth-order valence-corrected chi connectivity index (χ4v) is 10.3. The maximum Gasteiger partial charge on any atom is 0.385 e. The molecule has 3 aromatic heterocycles. The topological polar surface area (TPSA) is 145 Å². The van der Waals surface area contributed by atoms with E-state index in [-0.39, 0.29) is 41.7 Å². The van der Waals surface area contributed by atoms with Crippen molar-refractivity contribution in [1.29, 1.82) is 0 Å². The van der Waals surface area contributed by atoms with Gasteiger partial charge in [-0.25, -0.2) is 14.6 Å². The number of carbonyl (C=O) groups excluding carboxylic acids is 3. The SMILES string of the molecule is C=Cc1c(C)c2cc3nc(c4c5nc(cc6[nH]c(cc1[nH]2)c(C)c6CC)C(C)=C5C(=O)OC4(OC)C(=O)OC)[C@@H](CCC(=O)OC/C=C(\C)CCC[C@H](C)CCC[C@H](C)CCCC(C)C)[C@@H]3C. The first-order valence-corrected chi connectivity index (χ1v) is 24.8. The number of fused-ring (bicyclic) bond motifs is 8. The number of cyclic esters (lactones) is 1. The van der Waals surface area contributed by atoms with Crippen molar-refractivity contribution in [2.24, 2.45) is 17.8 Å². The Bertz CT molecular complexity index is 2580. The van der Waals surface area contributed by atoms with Gasteiger partial charge in [-0.2, -0.15) is 0 Å². The Labute approximate surface area is 398 Å². The molecule has 11 heteroatoms. The minimum absolute atomic E-state index is 0.0853. The van der Waals surface area contributed by atoms with Crippen LogP contribution < -0.4 is 0 Å². The van der Waals surface area contributed by atoms with Crippen LogP contribution in [0.25, 0.3) is 39.3 Å². The summed E-state index contributed by atoms with van der Waals surface area (Å²) in [6, 6.07) is 6.05. The van der Waals surface area contributed by atoms with Crippen LogP contribution in [0.1, 0.15) is 188 Å². The van der Waals surface area contributed by atoms with Gasteiger partial charge in [0.25, 0.3) is 0 Å². The van der Waals surface area contributed by atoms with Gasteiger partial charge in [-0.1, -0.05) is 105 Å². The molecule has 8 bridgehead atoms. The number of rotatable bonds is 21. The largest absolute Gasteiger partial charge is 0.464 e. The van der Waals surface area contributed by atoms with E-state index < -0.39 is 23.6 Å². The fourth-order valence-electron chi connectivity index (χ4n) is 10.3. The van der Waals surface area contributed by atoms with Crippen LogP contribution in [0, 0.1) is 31.6 Å². The lowest BCUT2D eigenvalue weighted by molar-refractivity contribution is -0.238. The average molecular weight is 917 g/mol. The first-order chi connectivity index (χ1) is 32.0. The van der Waals surface area contributed by atoms with Crippen LogP contribution in [0.4, 0.5) is 0 Å².